The second-order valence-electron chi connectivity index (χ2n) is 24.2. The van der Waals surface area contributed by atoms with Crippen LogP contribution in [-0.4, -0.2) is 35.9 Å². The number of aromatic nitrogens is 2. The monoisotopic (exact) mass is 1670 g/mol. The topological polar surface area (TPSA) is 50.5 Å². The zero-order chi connectivity index (χ0) is 77.4. The average molecular weight is 1670 g/mol. The van der Waals surface area contributed by atoms with Crippen molar-refractivity contribution < 1.29 is 68.7 Å². The smallest absolute Gasteiger partial charge is 0.418 e. The molecule has 20 heteroatoms. The molecule has 0 saturated heterocycles. The molecule has 1 aromatic heterocycles. The fourth-order valence-electron chi connectivity index (χ4n) is 11.5. The maximum Gasteiger partial charge on any atom is 1.00 e. The van der Waals surface area contributed by atoms with Crippen molar-refractivity contribution >= 4 is 133 Å². The molecule has 112 heavy (non-hydrogen) atoms. The number of aliphatic imine (C=N–C) groups is 2. The van der Waals surface area contributed by atoms with Gasteiger partial charge in [0.15, 0.2) is 0 Å². The van der Waals surface area contributed by atoms with Gasteiger partial charge in [-0.2, -0.15) is 0 Å². The van der Waals surface area contributed by atoms with Crippen LogP contribution < -0.4 is 63.7 Å². The summed E-state index contributed by atoms with van der Waals surface area (Å²) in [6, 6.07) is 150. The van der Waals surface area contributed by atoms with Crippen molar-refractivity contribution in [1.82, 2.24) is 9.97 Å². The van der Waals surface area contributed by atoms with Gasteiger partial charge in [-0.15, -0.1) is 0 Å². The molecule has 0 radical (unpaired) electrons. The Balaban J connectivity index is 0.000000188. The fourth-order valence-corrected chi connectivity index (χ4v) is 21.8. The molecular weight excluding hydrogens is 1590 g/mol. The summed E-state index contributed by atoms with van der Waals surface area (Å²) in [4.78, 5) is 18.0. The first kappa shape index (κ1) is 89.0. The Morgan fingerprint density at radius 1 is 0.205 bits per heavy atom. The summed E-state index contributed by atoms with van der Waals surface area (Å²) in [6.45, 7) is 3.86. The molecule has 0 aliphatic rings. The van der Waals surface area contributed by atoms with Gasteiger partial charge in [0, 0.05) is 0 Å². The van der Waals surface area contributed by atoms with Crippen molar-refractivity contribution in [2.24, 2.45) is 9.98 Å². The van der Waals surface area contributed by atoms with E-state index < -0.39 is 46.2 Å². The fraction of sp³-hybridized carbons (Fsp3) is 0.0217. The number of rotatable bonds is 16. The van der Waals surface area contributed by atoms with Gasteiger partial charge in [0.1, 0.15) is 75.0 Å². The molecule has 15 rings (SSSR count). The van der Waals surface area contributed by atoms with Crippen LogP contribution in [0.1, 0.15) is 25.2 Å². The van der Waals surface area contributed by atoms with Crippen LogP contribution in [0.3, 0.4) is 0 Å². The Labute approximate surface area is 678 Å². The average Bonchev–Trinajstić information content (AvgIpc) is 0.815. The molecule has 0 atom stereocenters. The van der Waals surface area contributed by atoms with Crippen molar-refractivity contribution in [2.45, 2.75) is 13.8 Å². The van der Waals surface area contributed by atoms with Crippen molar-refractivity contribution in [3.8, 4) is 0 Å². The van der Waals surface area contributed by atoms with Gasteiger partial charge in [-0.25, -0.2) is 0 Å². The van der Waals surface area contributed by atoms with Crippen molar-refractivity contribution in [3.63, 3.8) is 0 Å². The van der Waals surface area contributed by atoms with Gasteiger partial charge in [-0.3, -0.25) is 20.0 Å². The first-order valence-electron chi connectivity index (χ1n) is 35.4. The Hall–Kier alpha value is -10.2. The molecule has 0 aliphatic heterocycles. The largest absolute Gasteiger partial charge is 1.00 e. The van der Waals surface area contributed by atoms with E-state index in [4.69, 9.17) is 0 Å². The molecule has 0 N–H and O–H groups in total. The molecule has 1 heterocycles. The second-order valence-corrected chi connectivity index (χ2v) is 34.2. The van der Waals surface area contributed by atoms with Gasteiger partial charge >= 0.3 is 48.6 Å². The van der Waals surface area contributed by atoms with E-state index in [9.17, 15) is 34.5 Å². The SMILES string of the molecule is CC(=Nc1ccccc1)c1cnc(C(C)=Nc2ccccc2)cn1.F[B-](F)(F)F.F[B-](F)(F)F.[Cu+].[Cu+].c1ccc([PH+](c2ccccc2)c2ccccc2)cc1.c1ccc([PH+](c2ccccc2)c2ccccc2)cc1.c1ccc([PH+](c2ccccc2)c2ccccc2)cc1.c1ccc([PH+](c2ccccc2)c2ccccc2)cc1. The van der Waals surface area contributed by atoms with Crippen LogP contribution in [0, 0.1) is 0 Å². The molecular formula is C92H82B2Cu2F8N4P4+4. The molecule has 570 valence electrons. The van der Waals surface area contributed by atoms with Crippen molar-refractivity contribution in [1.29, 1.82) is 0 Å². The number of hydrogen-bond acceptors (Lipinski definition) is 4. The van der Waals surface area contributed by atoms with Crippen LogP contribution in [-0.2, 0) is 34.1 Å². The number of hydrogen-bond donors (Lipinski definition) is 0. The maximum atomic E-state index is 9.75. The van der Waals surface area contributed by atoms with E-state index in [0.717, 1.165) is 34.2 Å². The molecule has 4 nitrogen and oxygen atoms in total. The van der Waals surface area contributed by atoms with Crippen LogP contribution in [0.2, 0.25) is 0 Å². The third-order valence-electron chi connectivity index (χ3n) is 16.2. The van der Waals surface area contributed by atoms with Gasteiger partial charge < -0.3 is 34.5 Å². The summed E-state index contributed by atoms with van der Waals surface area (Å²) in [6.07, 6.45) is 3.47. The normalized spacial score (nSPS) is 10.9. The maximum absolute atomic E-state index is 9.75. The van der Waals surface area contributed by atoms with Crippen LogP contribution in [0.5, 0.6) is 0 Å². The van der Waals surface area contributed by atoms with Gasteiger partial charge in [0.25, 0.3) is 0 Å². The summed E-state index contributed by atoms with van der Waals surface area (Å²) in [5, 5.41) is 17.2. The second kappa shape index (κ2) is 48.6. The van der Waals surface area contributed by atoms with Crippen molar-refractivity contribution in [2.75, 3.05) is 0 Å². The van der Waals surface area contributed by atoms with Crippen LogP contribution >= 0.6 is 31.7 Å². The van der Waals surface area contributed by atoms with E-state index in [1.54, 1.807) is 12.4 Å². The standard InChI is InChI=1S/C20H18N4.4C18H15P.2BF4.2Cu/c1-15(23-17-9-5-3-6-10-17)19-13-22-20(14-21-19)16(2)24-18-11-7-4-8-12-18;4*1-4-10-16(11-5-1)19(17-12-6-2-7-13-17)18-14-8-3-9-15-18;2*2-1(3,4)5;;/h3-14H,1-2H3;4*1-15H;;;;/q;;;;;2*-1;2*+1/p+4. The number of nitrogens with zero attached hydrogens (tertiary/aromatic N) is 4. The summed E-state index contributed by atoms with van der Waals surface area (Å²) in [7, 11) is -15.5. The van der Waals surface area contributed by atoms with E-state index in [0.29, 0.717) is 0 Å². The van der Waals surface area contributed by atoms with E-state index >= 15 is 0 Å². The summed E-state index contributed by atoms with van der Waals surface area (Å²) in [5.74, 6) is 0. The van der Waals surface area contributed by atoms with E-state index in [1.165, 1.54) is 63.7 Å². The Morgan fingerprint density at radius 2 is 0.312 bits per heavy atom. The molecule has 0 amide bonds. The van der Waals surface area contributed by atoms with Gasteiger partial charge in [0.05, 0.1) is 66.9 Å². The van der Waals surface area contributed by atoms with Crippen LogP contribution in [0.25, 0.3) is 0 Å². The first-order valence-corrected chi connectivity index (χ1v) is 41.4. The van der Waals surface area contributed by atoms with E-state index in [1.807, 2.05) is 74.5 Å². The first-order chi connectivity index (χ1) is 53.5. The van der Waals surface area contributed by atoms with Gasteiger partial charge in [-0.05, 0) is 184 Å². The Bertz CT molecular complexity index is 4110. The number of benzene rings is 14. The van der Waals surface area contributed by atoms with E-state index in [2.05, 4.69) is 384 Å². The molecule has 15 aromatic rings. The Morgan fingerprint density at radius 3 is 0.420 bits per heavy atom. The van der Waals surface area contributed by atoms with Crippen molar-refractivity contribution in [3.05, 3.63) is 448 Å². The predicted molar refractivity (Wildman–Crippen MR) is 465 cm³/mol. The number of para-hydroxylation sites is 2. The zero-order valence-electron chi connectivity index (χ0n) is 61.1. The third kappa shape index (κ3) is 31.5. The summed E-state index contributed by atoms with van der Waals surface area (Å²) in [5.41, 5.74) is 4.99. The zero-order valence-corrected chi connectivity index (χ0v) is 67.0. The summed E-state index contributed by atoms with van der Waals surface area (Å²) >= 11 is 0. The molecule has 0 spiro atoms. The quantitative estimate of drug-likeness (QED) is 0.0419. The molecule has 0 bridgehead atoms. The molecule has 0 saturated carbocycles. The van der Waals surface area contributed by atoms with Gasteiger partial charge in [-0.1, -0.05) is 255 Å². The number of halogens is 8. The third-order valence-corrected chi connectivity index (χ3v) is 27.2. The predicted octanol–water partition coefficient (Wildman–Crippen LogP) is 20.1. The molecule has 0 aliphatic carbocycles. The van der Waals surface area contributed by atoms with Gasteiger partial charge in [0.2, 0.25) is 0 Å². The Kier molecular flexibility index (Phi) is 38.6. The molecule has 0 fully saturated rings. The minimum atomic E-state index is -6.00. The molecule has 0 unspecified atom stereocenters. The summed E-state index contributed by atoms with van der Waals surface area (Å²) < 4.78 is 78.0. The van der Waals surface area contributed by atoms with Crippen LogP contribution in [0.15, 0.2) is 447 Å². The minimum absolute atomic E-state index is 0. The van der Waals surface area contributed by atoms with Crippen LogP contribution in [0.4, 0.5) is 45.9 Å². The van der Waals surface area contributed by atoms with E-state index in [-0.39, 0.29) is 34.1 Å². The molecule has 14 aromatic carbocycles. The minimum Gasteiger partial charge on any atom is -0.418 e.